The molecule has 0 saturated heterocycles. The zero-order valence-electron chi connectivity index (χ0n) is 9.10. The zero-order chi connectivity index (χ0) is 11.9. The maximum absolute atomic E-state index is 3.02. The molecular weight excluding hydrogens is 240 g/mol. The zero-order valence-corrected chi connectivity index (χ0v) is 9.10. The van der Waals surface area contributed by atoms with Crippen LogP contribution in [0.2, 0.25) is 0 Å². The van der Waals surface area contributed by atoms with Gasteiger partial charge in [-0.1, -0.05) is 15.6 Å². The van der Waals surface area contributed by atoms with E-state index >= 15 is 0 Å². The fraction of sp³-hybridized carbons (Fsp3) is 0. The van der Waals surface area contributed by atoms with Crippen molar-refractivity contribution in [2.24, 2.45) is 0 Å². The number of hydrogen-bond donors (Lipinski definition) is 8. The molecule has 0 unspecified atom stereocenters. The van der Waals surface area contributed by atoms with Crippen molar-refractivity contribution >= 4 is 11.2 Å². The molecular formula is C6H12N12. The molecule has 0 radical (unpaired) electrons. The molecule has 4 aromatic rings. The van der Waals surface area contributed by atoms with Crippen LogP contribution in [0.25, 0.3) is 11.2 Å². The Bertz CT molecular complexity index is 668. The van der Waals surface area contributed by atoms with Gasteiger partial charge in [-0.05, 0) is 12.1 Å². The van der Waals surface area contributed by atoms with Crippen LogP contribution in [0.1, 0.15) is 0 Å². The first-order valence-electron chi connectivity index (χ1n) is 5.26. The van der Waals surface area contributed by atoms with Crippen molar-refractivity contribution in [3.63, 3.8) is 0 Å². The van der Waals surface area contributed by atoms with Gasteiger partial charge in [0.1, 0.15) is 5.52 Å². The summed E-state index contributed by atoms with van der Waals surface area (Å²) in [7, 11) is 0. The summed E-state index contributed by atoms with van der Waals surface area (Å²) in [6.07, 6.45) is 1.91. The molecule has 8 N–H and O–H groups in total. The van der Waals surface area contributed by atoms with Crippen molar-refractivity contribution in [1.82, 2.24) is 60.2 Å². The minimum absolute atomic E-state index is 0.809. The van der Waals surface area contributed by atoms with Crippen LogP contribution in [-0.2, 0) is 0 Å². The smallest absolute Gasteiger partial charge is 0.195 e. The maximum Gasteiger partial charge on any atom is 0.195 e. The molecule has 0 amide bonds. The molecule has 4 aromatic heterocycles. The highest BCUT2D eigenvalue weighted by Crippen LogP contribution is 2.05. The van der Waals surface area contributed by atoms with Gasteiger partial charge in [0.15, 0.2) is 5.65 Å². The number of fused-ring (bicyclic) bond motifs is 6. The van der Waals surface area contributed by atoms with Gasteiger partial charge in [0.05, 0.1) is 0 Å². The Kier molecular flexibility index (Phi) is 1.56. The first-order chi connectivity index (χ1) is 8.95. The van der Waals surface area contributed by atoms with Gasteiger partial charge in [0.25, 0.3) is 0 Å². The quantitative estimate of drug-likeness (QED) is 0.192. The van der Waals surface area contributed by atoms with Crippen molar-refractivity contribution in [2.45, 2.75) is 0 Å². The molecule has 4 rings (SSSR count). The van der Waals surface area contributed by atoms with Crippen LogP contribution < -0.4 is 0 Å². The van der Waals surface area contributed by atoms with Crippen molar-refractivity contribution in [3.05, 3.63) is 24.4 Å². The van der Waals surface area contributed by atoms with Crippen LogP contribution in [0, 0.1) is 0 Å². The molecule has 12 nitrogen and oxygen atoms in total. The van der Waals surface area contributed by atoms with Gasteiger partial charge in [0.2, 0.25) is 0 Å². The monoisotopic (exact) mass is 252 g/mol. The Hall–Kier alpha value is -3.18. The molecule has 4 heterocycles. The van der Waals surface area contributed by atoms with Crippen LogP contribution in [0.3, 0.4) is 0 Å². The first-order valence-corrected chi connectivity index (χ1v) is 5.26. The lowest BCUT2D eigenvalue weighted by Gasteiger charge is -2.14. The molecule has 0 atom stereocenters. The predicted octanol–water partition coefficient (Wildman–Crippen LogP) is -0.458. The van der Waals surface area contributed by atoms with Crippen LogP contribution in [-0.4, -0.2) is 60.2 Å². The summed E-state index contributed by atoms with van der Waals surface area (Å²) in [5.74, 6) is 0. The minimum Gasteiger partial charge on any atom is -0.265 e. The van der Waals surface area contributed by atoms with Crippen LogP contribution in [0.15, 0.2) is 24.4 Å². The van der Waals surface area contributed by atoms with Gasteiger partial charge in [0, 0.05) is 6.20 Å². The molecule has 0 aliphatic rings. The number of aromatic nitrogens is 12. The van der Waals surface area contributed by atoms with E-state index in [1.807, 2.05) is 28.9 Å². The lowest BCUT2D eigenvalue weighted by molar-refractivity contribution is 0.323. The van der Waals surface area contributed by atoms with Crippen molar-refractivity contribution in [3.8, 4) is 0 Å². The third-order valence-corrected chi connectivity index (χ3v) is 2.65. The van der Waals surface area contributed by atoms with E-state index in [0.717, 1.165) is 11.2 Å². The van der Waals surface area contributed by atoms with E-state index in [1.54, 1.807) is 14.1 Å². The van der Waals surface area contributed by atoms with Gasteiger partial charge in [-0.3, -0.25) is 5.10 Å². The Morgan fingerprint density at radius 2 is 1.67 bits per heavy atom. The van der Waals surface area contributed by atoms with E-state index in [0.29, 0.717) is 0 Å². The third kappa shape index (κ3) is 1.02. The molecule has 0 aliphatic carbocycles. The summed E-state index contributed by atoms with van der Waals surface area (Å²) in [5.41, 5.74) is 1.75. The van der Waals surface area contributed by atoms with Crippen LogP contribution >= 0.6 is 0 Å². The Morgan fingerprint density at radius 3 is 2.61 bits per heavy atom. The standard InChI is InChI=1S/C6H12N12/c1-2-4-15-5(3-1)6-7-8-9-12-16(6)18-14-11-10-13-17(15)18/h1-4,7-14H. The van der Waals surface area contributed by atoms with E-state index in [2.05, 4.69) is 41.6 Å². The average Bonchev–Trinajstić information content (AvgIpc) is 2.48. The fourth-order valence-corrected chi connectivity index (χ4v) is 1.91. The number of H-pyrrole nitrogens is 8. The van der Waals surface area contributed by atoms with Gasteiger partial charge in [-0.15, -0.1) is 4.63 Å². The van der Waals surface area contributed by atoms with Gasteiger partial charge in [-0.25, -0.2) is 30.6 Å². The SMILES string of the molecule is c1ccn2c(c1)c1[nH][nH][nH][nH]n1n1[nH][nH][nH][nH]n21. The number of nitrogens with one attached hydrogen (secondary N) is 8. The highest BCUT2D eigenvalue weighted by molar-refractivity contribution is 5.67. The molecule has 0 bridgehead atoms. The Labute approximate surface area is 96.6 Å². The molecule has 0 aromatic carbocycles. The van der Waals surface area contributed by atoms with Crippen LogP contribution in [0.5, 0.6) is 0 Å². The molecule has 0 saturated carbocycles. The van der Waals surface area contributed by atoms with Gasteiger partial charge < -0.3 is 0 Å². The largest absolute Gasteiger partial charge is 0.265 e. The highest BCUT2D eigenvalue weighted by Gasteiger charge is 2.03. The predicted molar refractivity (Wildman–Crippen MR) is 60.4 cm³/mol. The first kappa shape index (κ1) is 8.91. The lowest BCUT2D eigenvalue weighted by atomic mass is 10.4. The lowest BCUT2D eigenvalue weighted by Crippen LogP contribution is -2.27. The van der Waals surface area contributed by atoms with Gasteiger partial charge in [-0.2, -0.15) is 10.4 Å². The average molecular weight is 252 g/mol. The normalized spacial score (nSPS) is 11.3. The van der Waals surface area contributed by atoms with Gasteiger partial charge >= 0.3 is 0 Å². The second kappa shape index (κ2) is 3.16. The number of rotatable bonds is 0. The summed E-state index contributed by atoms with van der Waals surface area (Å²) in [5, 5.41) is 22.8. The van der Waals surface area contributed by atoms with E-state index in [1.165, 1.54) is 0 Å². The second-order valence-corrected chi connectivity index (χ2v) is 3.63. The summed E-state index contributed by atoms with van der Waals surface area (Å²) in [6, 6.07) is 5.87. The van der Waals surface area contributed by atoms with E-state index in [4.69, 9.17) is 0 Å². The van der Waals surface area contributed by atoms with Crippen molar-refractivity contribution in [1.29, 1.82) is 0 Å². The topological polar surface area (TPSA) is 144 Å². The van der Waals surface area contributed by atoms with E-state index in [-0.39, 0.29) is 0 Å². The maximum atomic E-state index is 3.02. The van der Waals surface area contributed by atoms with Crippen molar-refractivity contribution in [2.75, 3.05) is 0 Å². The molecule has 12 heteroatoms. The van der Waals surface area contributed by atoms with E-state index < -0.39 is 0 Å². The number of pyridine rings is 1. The fourth-order valence-electron chi connectivity index (χ4n) is 1.91. The Morgan fingerprint density at radius 1 is 0.833 bits per heavy atom. The van der Waals surface area contributed by atoms with E-state index in [9.17, 15) is 0 Å². The molecule has 0 aliphatic heterocycles. The minimum atomic E-state index is 0.809. The summed E-state index contributed by atoms with van der Waals surface area (Å²) < 4.78 is 6.97. The summed E-state index contributed by atoms with van der Waals surface area (Å²) >= 11 is 0. The second-order valence-electron chi connectivity index (χ2n) is 3.63. The van der Waals surface area contributed by atoms with Crippen molar-refractivity contribution < 1.29 is 0 Å². The summed E-state index contributed by atoms with van der Waals surface area (Å²) in [4.78, 5) is 0. The Balaban J connectivity index is 2.46. The summed E-state index contributed by atoms with van der Waals surface area (Å²) in [6.45, 7) is 0. The number of hydrogen-bond acceptors (Lipinski definition) is 0. The molecule has 96 valence electrons. The third-order valence-electron chi connectivity index (χ3n) is 2.65. The number of aromatic amines is 8. The number of nitrogens with zero attached hydrogens (tertiary/aromatic N) is 4. The molecule has 18 heavy (non-hydrogen) atoms. The highest BCUT2D eigenvalue weighted by atomic mass is 15.9. The van der Waals surface area contributed by atoms with Crippen LogP contribution in [0.4, 0.5) is 0 Å². The molecule has 0 spiro atoms. The molecule has 0 fully saturated rings.